The second kappa shape index (κ2) is 6.83. The maximum Gasteiger partial charge on any atom is 0.271 e. The molecule has 1 heterocycles. The van der Waals surface area contributed by atoms with E-state index in [4.69, 9.17) is 4.74 Å². The standard InChI is InChI=1S/C16H19N3O2/c1-11-8-13(15(21-3)9-12(11)2)4-5-19-16(20)14-10-17-6-7-18-14/h6-10H,4-5H2,1-3H3,(H,19,20). The Morgan fingerprint density at radius 1 is 1.24 bits per heavy atom. The van der Waals surface area contributed by atoms with Crippen LogP contribution in [0.2, 0.25) is 0 Å². The van der Waals surface area contributed by atoms with E-state index in [2.05, 4.69) is 35.2 Å². The van der Waals surface area contributed by atoms with Gasteiger partial charge in [0.25, 0.3) is 5.91 Å². The van der Waals surface area contributed by atoms with Gasteiger partial charge in [0.2, 0.25) is 0 Å². The Labute approximate surface area is 124 Å². The highest BCUT2D eigenvalue weighted by Gasteiger charge is 2.09. The van der Waals surface area contributed by atoms with E-state index in [1.807, 2.05) is 6.07 Å². The van der Waals surface area contributed by atoms with E-state index in [-0.39, 0.29) is 5.91 Å². The Hall–Kier alpha value is -2.43. The van der Waals surface area contributed by atoms with Gasteiger partial charge in [-0.25, -0.2) is 4.98 Å². The summed E-state index contributed by atoms with van der Waals surface area (Å²) in [6.45, 7) is 4.64. The van der Waals surface area contributed by atoms with E-state index in [0.717, 1.165) is 11.3 Å². The van der Waals surface area contributed by atoms with Crippen molar-refractivity contribution in [2.45, 2.75) is 20.3 Å². The van der Waals surface area contributed by atoms with Gasteiger partial charge in [0, 0.05) is 18.9 Å². The molecule has 2 aromatic rings. The first kappa shape index (κ1) is 15.0. The number of aromatic nitrogens is 2. The summed E-state index contributed by atoms with van der Waals surface area (Å²) in [4.78, 5) is 19.7. The monoisotopic (exact) mass is 285 g/mol. The van der Waals surface area contributed by atoms with Crippen LogP contribution in [0.15, 0.2) is 30.7 Å². The van der Waals surface area contributed by atoms with E-state index in [0.29, 0.717) is 18.7 Å². The molecule has 0 atom stereocenters. The third-order valence-corrected chi connectivity index (χ3v) is 3.37. The lowest BCUT2D eigenvalue weighted by Crippen LogP contribution is -2.26. The average Bonchev–Trinajstić information content (AvgIpc) is 2.51. The van der Waals surface area contributed by atoms with Crippen LogP contribution in [0, 0.1) is 13.8 Å². The summed E-state index contributed by atoms with van der Waals surface area (Å²) in [7, 11) is 1.66. The van der Waals surface area contributed by atoms with Crippen molar-refractivity contribution in [3.05, 3.63) is 53.1 Å². The number of nitrogens with one attached hydrogen (secondary N) is 1. The lowest BCUT2D eigenvalue weighted by atomic mass is 10.0. The summed E-state index contributed by atoms with van der Waals surface area (Å²) < 4.78 is 5.39. The quantitative estimate of drug-likeness (QED) is 0.913. The zero-order valence-corrected chi connectivity index (χ0v) is 12.5. The molecule has 0 aliphatic carbocycles. The lowest BCUT2D eigenvalue weighted by molar-refractivity contribution is 0.0948. The Morgan fingerprint density at radius 2 is 2.00 bits per heavy atom. The number of hydrogen-bond acceptors (Lipinski definition) is 4. The molecule has 0 bridgehead atoms. The first-order chi connectivity index (χ1) is 10.1. The number of nitrogens with zero attached hydrogens (tertiary/aromatic N) is 2. The van der Waals surface area contributed by atoms with Crippen LogP contribution in [0.1, 0.15) is 27.2 Å². The molecule has 0 saturated heterocycles. The minimum atomic E-state index is -0.217. The molecule has 0 radical (unpaired) electrons. The number of rotatable bonds is 5. The van der Waals surface area contributed by atoms with Gasteiger partial charge in [-0.2, -0.15) is 0 Å². The van der Waals surface area contributed by atoms with E-state index < -0.39 is 0 Å². The van der Waals surface area contributed by atoms with Crippen molar-refractivity contribution in [1.29, 1.82) is 0 Å². The van der Waals surface area contributed by atoms with Crippen LogP contribution >= 0.6 is 0 Å². The molecule has 5 heteroatoms. The topological polar surface area (TPSA) is 64.1 Å². The summed E-state index contributed by atoms with van der Waals surface area (Å²) in [5, 5.41) is 2.84. The Morgan fingerprint density at radius 3 is 2.67 bits per heavy atom. The average molecular weight is 285 g/mol. The van der Waals surface area contributed by atoms with Crippen LogP contribution in [0.4, 0.5) is 0 Å². The van der Waals surface area contributed by atoms with E-state index >= 15 is 0 Å². The fraction of sp³-hybridized carbons (Fsp3) is 0.312. The number of hydrogen-bond donors (Lipinski definition) is 1. The number of carbonyl (C=O) groups excluding carboxylic acids is 1. The number of methoxy groups -OCH3 is 1. The van der Waals surface area contributed by atoms with Crippen LogP contribution < -0.4 is 10.1 Å². The predicted octanol–water partition coefficient (Wildman–Crippen LogP) is 2.07. The number of benzene rings is 1. The summed E-state index contributed by atoms with van der Waals surface area (Å²) >= 11 is 0. The van der Waals surface area contributed by atoms with Gasteiger partial charge >= 0.3 is 0 Å². The third kappa shape index (κ3) is 3.78. The van der Waals surface area contributed by atoms with Gasteiger partial charge in [-0.05, 0) is 43.0 Å². The highest BCUT2D eigenvalue weighted by atomic mass is 16.5. The smallest absolute Gasteiger partial charge is 0.271 e. The second-order valence-electron chi connectivity index (χ2n) is 4.84. The zero-order valence-electron chi connectivity index (χ0n) is 12.5. The number of ether oxygens (including phenoxy) is 1. The maximum atomic E-state index is 11.9. The van der Waals surface area contributed by atoms with Gasteiger partial charge in [-0.1, -0.05) is 6.07 Å². The molecule has 0 spiro atoms. The molecule has 1 aromatic carbocycles. The van der Waals surface area contributed by atoms with Crippen molar-refractivity contribution in [3.63, 3.8) is 0 Å². The number of carbonyl (C=O) groups is 1. The molecule has 0 saturated carbocycles. The molecule has 0 fully saturated rings. The van der Waals surface area contributed by atoms with E-state index in [9.17, 15) is 4.79 Å². The maximum absolute atomic E-state index is 11.9. The summed E-state index contributed by atoms with van der Waals surface area (Å²) in [5.74, 6) is 0.637. The molecule has 0 aliphatic rings. The van der Waals surface area contributed by atoms with Gasteiger partial charge in [0.15, 0.2) is 0 Å². The van der Waals surface area contributed by atoms with Crippen molar-refractivity contribution >= 4 is 5.91 Å². The van der Waals surface area contributed by atoms with E-state index in [1.165, 1.54) is 29.7 Å². The SMILES string of the molecule is COc1cc(C)c(C)cc1CCNC(=O)c1cnccn1. The normalized spacial score (nSPS) is 10.2. The molecular formula is C16H19N3O2. The van der Waals surface area contributed by atoms with Gasteiger partial charge in [0.05, 0.1) is 13.3 Å². The third-order valence-electron chi connectivity index (χ3n) is 3.37. The molecule has 110 valence electrons. The van der Waals surface area contributed by atoms with Crippen LogP contribution in [0.3, 0.4) is 0 Å². The predicted molar refractivity (Wildman–Crippen MR) is 80.5 cm³/mol. The van der Waals surface area contributed by atoms with Gasteiger partial charge in [-0.3, -0.25) is 9.78 Å². The van der Waals surface area contributed by atoms with Gasteiger partial charge in [0.1, 0.15) is 11.4 Å². The van der Waals surface area contributed by atoms with Crippen LogP contribution in [0.5, 0.6) is 5.75 Å². The fourth-order valence-corrected chi connectivity index (χ4v) is 2.05. The molecule has 5 nitrogen and oxygen atoms in total. The molecule has 2 rings (SSSR count). The first-order valence-corrected chi connectivity index (χ1v) is 6.80. The van der Waals surface area contributed by atoms with Gasteiger partial charge < -0.3 is 10.1 Å². The second-order valence-corrected chi connectivity index (χ2v) is 4.84. The van der Waals surface area contributed by atoms with Gasteiger partial charge in [-0.15, -0.1) is 0 Å². The Balaban J connectivity index is 1.98. The molecule has 1 N–H and O–H groups in total. The van der Waals surface area contributed by atoms with Crippen molar-refractivity contribution < 1.29 is 9.53 Å². The minimum Gasteiger partial charge on any atom is -0.496 e. The number of amides is 1. The van der Waals surface area contributed by atoms with Crippen molar-refractivity contribution in [2.24, 2.45) is 0 Å². The minimum absolute atomic E-state index is 0.217. The summed E-state index contributed by atoms with van der Waals surface area (Å²) in [6.07, 6.45) is 5.19. The molecule has 21 heavy (non-hydrogen) atoms. The largest absolute Gasteiger partial charge is 0.496 e. The first-order valence-electron chi connectivity index (χ1n) is 6.80. The van der Waals surface area contributed by atoms with Crippen LogP contribution in [-0.4, -0.2) is 29.5 Å². The molecule has 0 aliphatic heterocycles. The highest BCUT2D eigenvalue weighted by molar-refractivity contribution is 5.91. The van der Waals surface area contributed by atoms with Crippen LogP contribution in [-0.2, 0) is 6.42 Å². The molecule has 1 aromatic heterocycles. The summed E-state index contributed by atoms with van der Waals surface area (Å²) in [6, 6.07) is 4.12. The van der Waals surface area contributed by atoms with Crippen LogP contribution in [0.25, 0.3) is 0 Å². The Bertz CT molecular complexity index is 627. The fourth-order valence-electron chi connectivity index (χ4n) is 2.05. The lowest BCUT2D eigenvalue weighted by Gasteiger charge is -2.12. The molecule has 0 unspecified atom stereocenters. The van der Waals surface area contributed by atoms with Crippen molar-refractivity contribution in [3.8, 4) is 5.75 Å². The summed E-state index contributed by atoms with van der Waals surface area (Å²) in [5.41, 5.74) is 3.81. The van der Waals surface area contributed by atoms with Crippen molar-refractivity contribution in [1.82, 2.24) is 15.3 Å². The molecule has 1 amide bonds. The molecular weight excluding hydrogens is 266 g/mol. The van der Waals surface area contributed by atoms with E-state index in [1.54, 1.807) is 7.11 Å². The highest BCUT2D eigenvalue weighted by Crippen LogP contribution is 2.23. The number of aryl methyl sites for hydroxylation is 2. The zero-order chi connectivity index (χ0) is 15.2. The van der Waals surface area contributed by atoms with Crippen molar-refractivity contribution in [2.75, 3.05) is 13.7 Å². The Kier molecular flexibility index (Phi) is 4.87.